The lowest BCUT2D eigenvalue weighted by Crippen LogP contribution is -2.32. The fraction of sp³-hybridized carbons (Fsp3) is 0.273. The minimum atomic E-state index is -0.0608. The first-order chi connectivity index (χ1) is 13.1. The van der Waals surface area contributed by atoms with Crippen LogP contribution in [-0.2, 0) is 0 Å². The van der Waals surface area contributed by atoms with E-state index < -0.39 is 0 Å². The Kier molecular flexibility index (Phi) is 4.54. The standard InChI is InChI=1S/C22H23N3O2/c1-14-18(10-16-8-9-17(27-2)11-21(16)24-14)22(26)25-12-19(20(23)13-25)15-6-4-3-5-7-15/h3-11,19-20H,12-13,23H2,1-2H3/t19-,20+/m0/s1. The van der Waals surface area contributed by atoms with Gasteiger partial charge in [0.2, 0.25) is 0 Å². The molecule has 2 N–H and O–H groups in total. The Bertz CT molecular complexity index is 988. The van der Waals surface area contributed by atoms with Crippen molar-refractivity contribution in [2.75, 3.05) is 20.2 Å². The smallest absolute Gasteiger partial charge is 0.255 e. The molecule has 1 aromatic heterocycles. The van der Waals surface area contributed by atoms with Gasteiger partial charge in [0.15, 0.2) is 0 Å². The Labute approximate surface area is 158 Å². The van der Waals surface area contributed by atoms with E-state index in [1.54, 1.807) is 7.11 Å². The lowest BCUT2D eigenvalue weighted by molar-refractivity contribution is 0.0788. The maximum Gasteiger partial charge on any atom is 0.255 e. The SMILES string of the molecule is COc1ccc2cc(C(=O)N3C[C@@H](N)[C@H](c4ccccc4)C3)c(C)nc2c1. The fourth-order valence-electron chi connectivity index (χ4n) is 3.80. The minimum Gasteiger partial charge on any atom is -0.497 e. The van der Waals surface area contributed by atoms with Crippen LogP contribution < -0.4 is 10.5 Å². The van der Waals surface area contributed by atoms with Gasteiger partial charge in [0.25, 0.3) is 5.91 Å². The maximum atomic E-state index is 13.2. The number of aryl methyl sites for hydroxylation is 1. The van der Waals surface area contributed by atoms with E-state index >= 15 is 0 Å². The number of methoxy groups -OCH3 is 1. The molecule has 2 atom stereocenters. The highest BCUT2D eigenvalue weighted by molar-refractivity contribution is 5.99. The zero-order chi connectivity index (χ0) is 19.0. The molecule has 4 rings (SSSR count). The van der Waals surface area contributed by atoms with Gasteiger partial charge in [-0.1, -0.05) is 30.3 Å². The van der Waals surface area contributed by atoms with Crippen LogP contribution in [0.4, 0.5) is 0 Å². The number of nitrogens with two attached hydrogens (primary N) is 1. The summed E-state index contributed by atoms with van der Waals surface area (Å²) in [7, 11) is 1.63. The minimum absolute atomic E-state index is 0.00778. The van der Waals surface area contributed by atoms with Crippen LogP contribution in [0.25, 0.3) is 10.9 Å². The largest absolute Gasteiger partial charge is 0.497 e. The van der Waals surface area contributed by atoms with Crippen LogP contribution in [-0.4, -0.2) is 42.0 Å². The van der Waals surface area contributed by atoms with Crippen molar-refractivity contribution in [3.8, 4) is 5.75 Å². The van der Waals surface area contributed by atoms with E-state index in [2.05, 4.69) is 17.1 Å². The molecule has 2 heterocycles. The van der Waals surface area contributed by atoms with Gasteiger partial charge >= 0.3 is 0 Å². The Morgan fingerprint density at radius 3 is 2.67 bits per heavy atom. The summed E-state index contributed by atoms with van der Waals surface area (Å²) in [4.78, 5) is 19.6. The molecular formula is C22H23N3O2. The van der Waals surface area contributed by atoms with E-state index in [0.29, 0.717) is 18.7 Å². The molecule has 0 saturated carbocycles. The first-order valence-corrected chi connectivity index (χ1v) is 9.12. The Balaban J connectivity index is 1.62. The number of aromatic nitrogens is 1. The number of fused-ring (bicyclic) bond motifs is 1. The Hall–Kier alpha value is -2.92. The molecule has 0 bridgehead atoms. The van der Waals surface area contributed by atoms with Crippen LogP contribution in [0.1, 0.15) is 27.5 Å². The fourth-order valence-corrected chi connectivity index (χ4v) is 3.80. The second-order valence-electron chi connectivity index (χ2n) is 7.07. The number of hydrogen-bond acceptors (Lipinski definition) is 4. The maximum absolute atomic E-state index is 13.2. The predicted molar refractivity (Wildman–Crippen MR) is 106 cm³/mol. The second-order valence-corrected chi connectivity index (χ2v) is 7.07. The molecule has 0 spiro atoms. The van der Waals surface area contributed by atoms with Gasteiger partial charge in [0.05, 0.1) is 23.9 Å². The van der Waals surface area contributed by atoms with Gasteiger partial charge < -0.3 is 15.4 Å². The van der Waals surface area contributed by atoms with Gasteiger partial charge in [-0.2, -0.15) is 0 Å². The van der Waals surface area contributed by atoms with Gasteiger partial charge in [-0.3, -0.25) is 9.78 Å². The monoisotopic (exact) mass is 361 g/mol. The highest BCUT2D eigenvalue weighted by Gasteiger charge is 2.34. The van der Waals surface area contributed by atoms with Gasteiger partial charge in [-0.05, 0) is 30.7 Å². The third kappa shape index (κ3) is 3.26. The summed E-state index contributed by atoms with van der Waals surface area (Å²) < 4.78 is 5.26. The van der Waals surface area contributed by atoms with Crippen LogP contribution in [0.3, 0.4) is 0 Å². The number of carbonyl (C=O) groups is 1. The molecule has 1 aliphatic rings. The zero-order valence-corrected chi connectivity index (χ0v) is 15.6. The summed E-state index contributed by atoms with van der Waals surface area (Å²) in [6, 6.07) is 17.7. The lowest BCUT2D eigenvalue weighted by Gasteiger charge is -2.18. The summed E-state index contributed by atoms with van der Waals surface area (Å²) in [5, 5.41) is 0.924. The van der Waals surface area contributed by atoms with E-state index in [1.165, 1.54) is 5.56 Å². The van der Waals surface area contributed by atoms with Crippen LogP contribution >= 0.6 is 0 Å². The molecule has 1 amide bonds. The molecule has 1 aliphatic heterocycles. The van der Waals surface area contributed by atoms with Crippen molar-refractivity contribution in [2.45, 2.75) is 18.9 Å². The Morgan fingerprint density at radius 1 is 1.15 bits per heavy atom. The topological polar surface area (TPSA) is 68.5 Å². The number of rotatable bonds is 3. The van der Waals surface area contributed by atoms with Crippen LogP contribution in [0.5, 0.6) is 5.75 Å². The van der Waals surface area contributed by atoms with Gasteiger partial charge in [0, 0.05) is 36.5 Å². The lowest BCUT2D eigenvalue weighted by atomic mass is 9.95. The molecule has 0 radical (unpaired) electrons. The number of benzene rings is 2. The number of amides is 1. The van der Waals surface area contributed by atoms with E-state index in [-0.39, 0.29) is 17.9 Å². The van der Waals surface area contributed by atoms with E-state index in [4.69, 9.17) is 10.5 Å². The number of nitrogens with zero attached hydrogens (tertiary/aromatic N) is 2. The molecule has 0 aliphatic carbocycles. The normalized spacial score (nSPS) is 19.4. The van der Waals surface area contributed by atoms with E-state index in [9.17, 15) is 4.79 Å². The average molecular weight is 361 g/mol. The van der Waals surface area contributed by atoms with Gasteiger partial charge in [-0.15, -0.1) is 0 Å². The number of pyridine rings is 1. The quantitative estimate of drug-likeness (QED) is 0.778. The summed E-state index contributed by atoms with van der Waals surface area (Å²) in [6.07, 6.45) is 0. The predicted octanol–water partition coefficient (Wildman–Crippen LogP) is 3.12. The highest BCUT2D eigenvalue weighted by Crippen LogP contribution is 2.29. The average Bonchev–Trinajstić information content (AvgIpc) is 3.08. The molecule has 3 aromatic rings. The summed E-state index contributed by atoms with van der Waals surface area (Å²) in [6.45, 7) is 3.05. The van der Waals surface area contributed by atoms with Crippen molar-refractivity contribution in [3.05, 3.63) is 71.4 Å². The third-order valence-corrected chi connectivity index (χ3v) is 5.33. The van der Waals surface area contributed by atoms with Crippen LogP contribution in [0.15, 0.2) is 54.6 Å². The molecule has 1 saturated heterocycles. The first kappa shape index (κ1) is 17.5. The molecule has 1 fully saturated rings. The molecule has 5 heteroatoms. The first-order valence-electron chi connectivity index (χ1n) is 9.12. The van der Waals surface area contributed by atoms with Crippen LogP contribution in [0, 0.1) is 6.92 Å². The van der Waals surface area contributed by atoms with E-state index in [1.807, 2.05) is 54.3 Å². The number of carbonyl (C=O) groups excluding carboxylic acids is 1. The van der Waals surface area contributed by atoms with Crippen molar-refractivity contribution >= 4 is 16.8 Å². The van der Waals surface area contributed by atoms with Gasteiger partial charge in [0.1, 0.15) is 5.75 Å². The van der Waals surface area contributed by atoms with E-state index in [0.717, 1.165) is 22.3 Å². The van der Waals surface area contributed by atoms with Crippen molar-refractivity contribution in [1.82, 2.24) is 9.88 Å². The second kappa shape index (κ2) is 7.00. The van der Waals surface area contributed by atoms with Crippen molar-refractivity contribution in [3.63, 3.8) is 0 Å². The Morgan fingerprint density at radius 2 is 1.93 bits per heavy atom. The number of ether oxygens (including phenoxy) is 1. The zero-order valence-electron chi connectivity index (χ0n) is 15.6. The summed E-state index contributed by atoms with van der Waals surface area (Å²) in [5.41, 5.74) is 9.71. The molecule has 138 valence electrons. The van der Waals surface area contributed by atoms with Crippen molar-refractivity contribution in [1.29, 1.82) is 0 Å². The molecule has 27 heavy (non-hydrogen) atoms. The number of likely N-dealkylation sites (tertiary alicyclic amines) is 1. The van der Waals surface area contributed by atoms with Crippen molar-refractivity contribution in [2.24, 2.45) is 5.73 Å². The highest BCUT2D eigenvalue weighted by atomic mass is 16.5. The molecule has 0 unspecified atom stereocenters. The molecular weight excluding hydrogens is 338 g/mol. The number of hydrogen-bond donors (Lipinski definition) is 1. The van der Waals surface area contributed by atoms with Gasteiger partial charge in [-0.25, -0.2) is 0 Å². The van der Waals surface area contributed by atoms with Crippen molar-refractivity contribution < 1.29 is 9.53 Å². The third-order valence-electron chi connectivity index (χ3n) is 5.33. The van der Waals surface area contributed by atoms with Crippen LogP contribution in [0.2, 0.25) is 0 Å². The molecule has 5 nitrogen and oxygen atoms in total. The summed E-state index contributed by atoms with van der Waals surface area (Å²) in [5.74, 6) is 0.907. The molecule has 2 aromatic carbocycles. The summed E-state index contributed by atoms with van der Waals surface area (Å²) >= 11 is 0.